The number of methoxy groups -OCH3 is 1. The van der Waals surface area contributed by atoms with Gasteiger partial charge in [-0.05, 0) is 123 Å². The van der Waals surface area contributed by atoms with Crippen LogP contribution in [0.4, 0.5) is 0 Å². The summed E-state index contributed by atoms with van der Waals surface area (Å²) in [6, 6.07) is -0.502. The molecule has 2 unspecified atom stereocenters. The lowest BCUT2D eigenvalue weighted by atomic mass is 9.78. The lowest BCUT2D eigenvalue weighted by molar-refractivity contribution is -0.143. The van der Waals surface area contributed by atoms with Crippen LogP contribution in [-0.4, -0.2) is 63.2 Å². The van der Waals surface area contributed by atoms with Gasteiger partial charge < -0.3 is 24.4 Å². The van der Waals surface area contributed by atoms with Gasteiger partial charge in [-0.3, -0.25) is 19.2 Å². The van der Waals surface area contributed by atoms with Gasteiger partial charge in [0.1, 0.15) is 12.5 Å². The van der Waals surface area contributed by atoms with Crippen molar-refractivity contribution in [3.05, 3.63) is 84.4 Å². The zero-order chi connectivity index (χ0) is 43.2. The molecule has 7 atom stereocenters. The maximum atomic E-state index is 14.5. The third kappa shape index (κ3) is 7.86. The quantitative estimate of drug-likeness (QED) is 0.0623. The Morgan fingerprint density at radius 1 is 0.967 bits per heavy atom. The summed E-state index contributed by atoms with van der Waals surface area (Å²) < 4.78 is 11.1. The second-order valence-corrected chi connectivity index (χ2v) is 18.4. The summed E-state index contributed by atoms with van der Waals surface area (Å²) in [5, 5.41) is 5.21. The topological polar surface area (TPSA) is 133 Å². The number of nitrogens with zero attached hydrogens (tertiary/aromatic N) is 1. The Morgan fingerprint density at radius 3 is 2.40 bits per heavy atom. The summed E-state index contributed by atoms with van der Waals surface area (Å²) in [5.41, 5.74) is 8.60. The minimum Gasteiger partial charge on any atom is -0.468 e. The van der Waals surface area contributed by atoms with Crippen LogP contribution in [-0.2, 0) is 30.3 Å². The molecule has 3 aliphatic heterocycles. The molecule has 0 amide bonds. The third-order valence-electron chi connectivity index (χ3n) is 14.1. The number of hydroxylamine groups is 2. The number of aromatic amines is 3. The summed E-state index contributed by atoms with van der Waals surface area (Å²) in [4.78, 5) is 59.2. The molecule has 2 fully saturated rings. The van der Waals surface area contributed by atoms with Gasteiger partial charge in [0.05, 0.1) is 18.5 Å². The van der Waals surface area contributed by atoms with E-state index in [0.29, 0.717) is 22.9 Å². The number of nitrogens with one attached hydrogen (secondary N) is 3. The number of hydrogen-bond donors (Lipinski definition) is 3. The number of ketones is 1. The fraction of sp³-hybridized carbons (Fsp3) is 0.540. The second kappa shape index (κ2) is 17.4. The molecule has 3 N–H and O–H groups in total. The average molecular weight is 819 g/mol. The van der Waals surface area contributed by atoms with Crippen molar-refractivity contribution in [2.45, 2.75) is 132 Å². The van der Waals surface area contributed by atoms with Gasteiger partial charge in [0, 0.05) is 50.9 Å². The summed E-state index contributed by atoms with van der Waals surface area (Å²) in [7, 11) is 1.32. The first-order chi connectivity index (χ1) is 28.6. The van der Waals surface area contributed by atoms with E-state index in [9.17, 15) is 14.4 Å². The zero-order valence-corrected chi connectivity index (χ0v) is 37.5. The van der Waals surface area contributed by atoms with Crippen molar-refractivity contribution >= 4 is 47.6 Å². The number of Topliss-reactive ketones (excluding diaryl/α,β-unsaturated/α-hetero) is 1. The molecule has 0 aromatic carbocycles. The molecule has 0 spiro atoms. The van der Waals surface area contributed by atoms with E-state index in [2.05, 4.69) is 95.1 Å². The Hall–Kier alpha value is -4.67. The highest BCUT2D eigenvalue weighted by Gasteiger charge is 2.71. The number of esters is 2. The second-order valence-electron chi connectivity index (χ2n) is 18.4. The van der Waals surface area contributed by atoms with Gasteiger partial charge in [-0.1, -0.05) is 78.5 Å². The number of carbonyl (C=O) groups is 3. The SMILES string of the molecule is C=Cc1c(C)/c2[nH]/c1=C\c1[nH]c(c(CC)c1C)/C=c1\[nH]c3c(c1C)C(=O)[C@H](C(=O)OC)C=3C1[C@@H](CCC(=O)OC/C=C(\C)CCC[C@H](C)CCCC(C)C)[C@H](C)[C@]3(\C=2)ON13. The molecular formula is C50H66N4O6. The number of carbonyl (C=O) groups excluding carboxylic acids is 3. The van der Waals surface area contributed by atoms with Crippen LogP contribution in [0.1, 0.15) is 142 Å². The van der Waals surface area contributed by atoms with Crippen LogP contribution in [0.3, 0.4) is 0 Å². The molecule has 0 saturated carbocycles. The first-order valence-electron chi connectivity index (χ1n) is 22.3. The number of ether oxygens (including phenoxy) is 2. The summed E-state index contributed by atoms with van der Waals surface area (Å²) in [5.74, 6) is -1.13. The van der Waals surface area contributed by atoms with Crippen molar-refractivity contribution < 1.29 is 28.7 Å². The monoisotopic (exact) mass is 818 g/mol. The lowest BCUT2D eigenvalue weighted by Gasteiger charge is -2.28. The highest BCUT2D eigenvalue weighted by molar-refractivity contribution is 6.19. The van der Waals surface area contributed by atoms with Crippen molar-refractivity contribution in [1.82, 2.24) is 20.0 Å². The minimum atomic E-state index is -1.14. The van der Waals surface area contributed by atoms with E-state index in [0.717, 1.165) is 80.8 Å². The third-order valence-corrected chi connectivity index (χ3v) is 14.1. The van der Waals surface area contributed by atoms with Gasteiger partial charge in [0.25, 0.3) is 0 Å². The number of allylic oxidation sites excluding steroid dienone is 1. The molecule has 4 aliphatic rings. The maximum absolute atomic E-state index is 14.5. The van der Waals surface area contributed by atoms with E-state index in [1.165, 1.54) is 43.9 Å². The largest absolute Gasteiger partial charge is 0.468 e. The summed E-state index contributed by atoms with van der Waals surface area (Å²) >= 11 is 0. The molecule has 3 aromatic rings. The highest BCUT2D eigenvalue weighted by Crippen LogP contribution is 2.60. The molecule has 8 bridgehead atoms. The Labute approximate surface area is 354 Å². The molecule has 0 radical (unpaired) electrons. The standard InChI is InChI=1S/C50H66N4O6/c1-12-34-30(7)37-24-40-35(13-2)31(8)41(52-40)26-50-33(10)36(20-21-42(55)59-23-22-29(6)19-15-18-28(5)17-14-16-27(3)4)47(54(50)60-50)44-45(49(57)58-11)48(56)43-32(9)38(53-46(43)44)25-39(34)51-37/h13,22,24-28,33,36,45,47,51-53H,2,12,14-21,23H2,1,3-11H3/b29-22+,38-25-,40-24-,41-26-/t28-,33+,36+,45-,47?,50+,54?/m1/s1. The maximum Gasteiger partial charge on any atom is 0.320 e. The van der Waals surface area contributed by atoms with Crippen molar-refractivity contribution in [3.63, 3.8) is 0 Å². The predicted molar refractivity (Wildman–Crippen MR) is 237 cm³/mol. The van der Waals surface area contributed by atoms with Crippen LogP contribution in [0, 0.1) is 50.4 Å². The van der Waals surface area contributed by atoms with Gasteiger partial charge >= 0.3 is 11.9 Å². The van der Waals surface area contributed by atoms with Gasteiger partial charge in [-0.2, -0.15) is 0 Å². The van der Waals surface area contributed by atoms with Gasteiger partial charge in [0.15, 0.2) is 11.5 Å². The molecule has 60 heavy (non-hydrogen) atoms. The first kappa shape index (κ1) is 43.4. The minimum absolute atomic E-state index is 0.129. The molecule has 322 valence electrons. The van der Waals surface area contributed by atoms with Crippen LogP contribution in [0.25, 0.3) is 29.9 Å². The average Bonchev–Trinajstić information content (AvgIpc) is 3.34. The first-order valence-corrected chi connectivity index (χ1v) is 22.3. The number of aromatic nitrogens is 3. The van der Waals surface area contributed by atoms with E-state index >= 15 is 0 Å². The molecular weight excluding hydrogens is 753 g/mol. The van der Waals surface area contributed by atoms with E-state index in [4.69, 9.17) is 14.3 Å². The Bertz CT molecular complexity index is 2480. The Kier molecular flexibility index (Phi) is 12.6. The van der Waals surface area contributed by atoms with Gasteiger partial charge in [-0.15, -0.1) is 5.06 Å². The van der Waals surface area contributed by atoms with E-state index in [1.54, 1.807) is 0 Å². The number of fused-ring (bicyclic) bond motifs is 6. The molecule has 2 saturated heterocycles. The molecule has 10 nitrogen and oxygen atoms in total. The van der Waals surface area contributed by atoms with E-state index < -0.39 is 23.7 Å². The highest BCUT2D eigenvalue weighted by atomic mass is 16.9. The van der Waals surface area contributed by atoms with Crippen LogP contribution in [0.5, 0.6) is 0 Å². The van der Waals surface area contributed by atoms with Gasteiger partial charge in [0.2, 0.25) is 0 Å². The number of rotatable bonds is 16. The van der Waals surface area contributed by atoms with Crippen molar-refractivity contribution in [2.75, 3.05) is 13.7 Å². The van der Waals surface area contributed by atoms with Crippen LogP contribution < -0.4 is 21.4 Å². The summed E-state index contributed by atoms with van der Waals surface area (Å²) in [6.07, 6.45) is 18.9. The van der Waals surface area contributed by atoms with Crippen molar-refractivity contribution in [1.29, 1.82) is 0 Å². The Balaban J connectivity index is 1.22. The number of H-pyrrole nitrogens is 3. The fourth-order valence-electron chi connectivity index (χ4n) is 10.4. The fourth-order valence-corrected chi connectivity index (χ4v) is 10.4. The van der Waals surface area contributed by atoms with Crippen LogP contribution in [0.15, 0.2) is 18.2 Å². The smallest absolute Gasteiger partial charge is 0.320 e. The lowest BCUT2D eigenvalue weighted by Crippen LogP contribution is -2.37. The van der Waals surface area contributed by atoms with Crippen molar-refractivity contribution in [3.8, 4) is 0 Å². The summed E-state index contributed by atoms with van der Waals surface area (Å²) in [6.45, 7) is 23.9. The molecule has 3 aromatic heterocycles. The van der Waals surface area contributed by atoms with E-state index in [-0.39, 0.29) is 36.6 Å². The molecule has 10 heteroatoms. The predicted octanol–water partition coefficient (Wildman–Crippen LogP) is 6.87. The number of hydrogen-bond acceptors (Lipinski definition) is 7. The zero-order valence-electron chi connectivity index (χ0n) is 37.5. The molecule has 6 heterocycles. The van der Waals surface area contributed by atoms with Gasteiger partial charge in [-0.25, -0.2) is 0 Å². The van der Waals surface area contributed by atoms with Crippen LogP contribution in [0.2, 0.25) is 0 Å². The van der Waals surface area contributed by atoms with Crippen LogP contribution >= 0.6 is 0 Å². The molecule has 1 aliphatic carbocycles. The Morgan fingerprint density at radius 2 is 1.70 bits per heavy atom. The van der Waals surface area contributed by atoms with E-state index in [1.807, 2.05) is 24.1 Å². The molecule has 7 rings (SSSR count). The van der Waals surface area contributed by atoms with Crippen molar-refractivity contribution in [2.24, 2.45) is 29.6 Å². The normalized spacial score (nSPS) is 26.1.